The summed E-state index contributed by atoms with van der Waals surface area (Å²) >= 11 is 0. The van der Waals surface area contributed by atoms with E-state index in [0.717, 1.165) is 12.4 Å². The molecule has 1 unspecified atom stereocenters. The van der Waals surface area contributed by atoms with E-state index in [2.05, 4.69) is 32.5 Å². The Balaban J connectivity index is 1.60. The van der Waals surface area contributed by atoms with Gasteiger partial charge in [0.15, 0.2) is 0 Å². The van der Waals surface area contributed by atoms with Gasteiger partial charge in [0.05, 0.1) is 0 Å². The van der Waals surface area contributed by atoms with Crippen molar-refractivity contribution < 1.29 is 0 Å². The van der Waals surface area contributed by atoms with Gasteiger partial charge in [-0.05, 0) is 31.2 Å². The van der Waals surface area contributed by atoms with Crippen molar-refractivity contribution >= 4 is 5.82 Å². The van der Waals surface area contributed by atoms with Crippen LogP contribution in [0.3, 0.4) is 0 Å². The van der Waals surface area contributed by atoms with E-state index in [1.807, 2.05) is 12.3 Å². The molecule has 0 amide bonds. The van der Waals surface area contributed by atoms with Crippen LogP contribution in [0.15, 0.2) is 42.9 Å². The highest BCUT2D eigenvalue weighted by molar-refractivity contribution is 5.34. The third-order valence-electron chi connectivity index (χ3n) is 3.50. The number of hydrogen-bond donors (Lipinski definition) is 1. The zero-order chi connectivity index (χ0) is 13.6. The molecule has 1 N–H and O–H groups in total. The zero-order valence-corrected chi connectivity index (χ0v) is 11.4. The van der Waals surface area contributed by atoms with Crippen LogP contribution >= 0.6 is 0 Å². The number of anilines is 1. The van der Waals surface area contributed by atoms with Gasteiger partial charge < -0.3 is 5.32 Å². The van der Waals surface area contributed by atoms with Gasteiger partial charge in [0.2, 0.25) is 5.95 Å². The number of allylic oxidation sites excluding steroid dienone is 1. The normalized spacial score (nSPS) is 18.7. The van der Waals surface area contributed by atoms with Crippen molar-refractivity contribution in [3.63, 3.8) is 0 Å². The van der Waals surface area contributed by atoms with Crippen molar-refractivity contribution in [3.8, 4) is 5.95 Å². The first kappa shape index (κ1) is 12.8. The first-order chi connectivity index (χ1) is 9.92. The molecule has 0 saturated heterocycles. The summed E-state index contributed by atoms with van der Waals surface area (Å²) in [6.07, 6.45) is 15.0. The fraction of sp³-hybridized carbons (Fsp3) is 0.400. The first-order valence-electron chi connectivity index (χ1n) is 7.15. The maximum Gasteiger partial charge on any atom is 0.250 e. The molecular formula is C15H19N5. The molecule has 2 aromatic rings. The number of rotatable bonds is 4. The highest BCUT2D eigenvalue weighted by Crippen LogP contribution is 2.17. The van der Waals surface area contributed by atoms with Gasteiger partial charge in [-0.15, -0.1) is 5.10 Å². The summed E-state index contributed by atoms with van der Waals surface area (Å²) in [6, 6.07) is 3.75. The smallest absolute Gasteiger partial charge is 0.250 e. The molecule has 1 aliphatic carbocycles. The van der Waals surface area contributed by atoms with Crippen LogP contribution in [0.4, 0.5) is 5.82 Å². The average Bonchev–Trinajstić information content (AvgIpc) is 2.82. The van der Waals surface area contributed by atoms with Crippen molar-refractivity contribution in [1.29, 1.82) is 0 Å². The van der Waals surface area contributed by atoms with Gasteiger partial charge in [-0.25, -0.2) is 14.6 Å². The number of nitrogens with one attached hydrogen (secondary N) is 1. The molecule has 104 valence electrons. The molecule has 0 bridgehead atoms. The maximum atomic E-state index is 4.44. The summed E-state index contributed by atoms with van der Waals surface area (Å²) in [6.45, 7) is 0.934. The van der Waals surface area contributed by atoms with Crippen molar-refractivity contribution in [3.05, 3.63) is 42.9 Å². The molecule has 0 spiro atoms. The van der Waals surface area contributed by atoms with E-state index in [9.17, 15) is 0 Å². The lowest BCUT2D eigenvalue weighted by Gasteiger charge is -2.11. The molecule has 5 heteroatoms. The van der Waals surface area contributed by atoms with E-state index in [4.69, 9.17) is 0 Å². The summed E-state index contributed by atoms with van der Waals surface area (Å²) in [7, 11) is 0. The molecule has 0 aromatic carbocycles. The van der Waals surface area contributed by atoms with Crippen LogP contribution in [0.5, 0.6) is 0 Å². The Morgan fingerprint density at radius 1 is 1.25 bits per heavy atom. The molecule has 5 nitrogen and oxygen atoms in total. The van der Waals surface area contributed by atoms with E-state index in [1.54, 1.807) is 23.1 Å². The Kier molecular flexibility index (Phi) is 4.06. The van der Waals surface area contributed by atoms with Crippen LogP contribution in [-0.2, 0) is 0 Å². The van der Waals surface area contributed by atoms with Crippen LogP contribution in [0.1, 0.15) is 25.7 Å². The summed E-state index contributed by atoms with van der Waals surface area (Å²) in [5.74, 6) is 2.07. The molecule has 2 heterocycles. The van der Waals surface area contributed by atoms with Gasteiger partial charge in [0, 0.05) is 31.2 Å². The van der Waals surface area contributed by atoms with E-state index < -0.39 is 0 Å². The molecule has 1 aliphatic rings. The quantitative estimate of drug-likeness (QED) is 0.867. The van der Waals surface area contributed by atoms with Gasteiger partial charge in [-0.3, -0.25) is 0 Å². The second-order valence-corrected chi connectivity index (χ2v) is 5.05. The molecule has 2 aromatic heterocycles. The molecule has 0 aliphatic heterocycles. The summed E-state index contributed by atoms with van der Waals surface area (Å²) in [4.78, 5) is 8.35. The largest absolute Gasteiger partial charge is 0.368 e. The second kappa shape index (κ2) is 6.32. The number of hydrogen-bond acceptors (Lipinski definition) is 4. The maximum absolute atomic E-state index is 4.44. The van der Waals surface area contributed by atoms with Crippen LogP contribution in [0.25, 0.3) is 5.95 Å². The summed E-state index contributed by atoms with van der Waals surface area (Å²) in [5, 5.41) is 7.84. The third kappa shape index (κ3) is 3.23. The predicted octanol–water partition coefficient (Wildman–Crippen LogP) is 2.82. The van der Waals surface area contributed by atoms with Crippen LogP contribution in [0, 0.1) is 5.92 Å². The Morgan fingerprint density at radius 3 is 3.05 bits per heavy atom. The zero-order valence-electron chi connectivity index (χ0n) is 11.4. The Morgan fingerprint density at radius 2 is 2.15 bits per heavy atom. The van der Waals surface area contributed by atoms with Gasteiger partial charge in [-0.2, -0.15) is 0 Å². The average molecular weight is 269 g/mol. The molecule has 0 fully saturated rings. The van der Waals surface area contributed by atoms with Gasteiger partial charge in [0.25, 0.3) is 0 Å². The fourth-order valence-electron chi connectivity index (χ4n) is 2.40. The lowest BCUT2D eigenvalue weighted by Crippen LogP contribution is -2.12. The number of aromatic nitrogens is 4. The van der Waals surface area contributed by atoms with Gasteiger partial charge >= 0.3 is 0 Å². The molecule has 1 atom stereocenters. The Bertz CT molecular complexity index is 561. The monoisotopic (exact) mass is 269 g/mol. The lowest BCUT2D eigenvalue weighted by molar-refractivity contribution is 0.582. The van der Waals surface area contributed by atoms with Crippen LogP contribution in [-0.4, -0.2) is 26.3 Å². The minimum absolute atomic E-state index is 0.593. The summed E-state index contributed by atoms with van der Waals surface area (Å²) < 4.78 is 1.69. The first-order valence-corrected chi connectivity index (χ1v) is 7.15. The fourth-order valence-corrected chi connectivity index (χ4v) is 2.40. The van der Waals surface area contributed by atoms with E-state index in [1.165, 1.54) is 25.7 Å². The second-order valence-electron chi connectivity index (χ2n) is 5.05. The van der Waals surface area contributed by atoms with Crippen LogP contribution in [0.2, 0.25) is 0 Å². The van der Waals surface area contributed by atoms with E-state index in [-0.39, 0.29) is 0 Å². The summed E-state index contributed by atoms with van der Waals surface area (Å²) in [5.41, 5.74) is 0. The highest BCUT2D eigenvalue weighted by atomic mass is 15.4. The van der Waals surface area contributed by atoms with E-state index >= 15 is 0 Å². The van der Waals surface area contributed by atoms with Gasteiger partial charge in [0.1, 0.15) is 5.82 Å². The standard InChI is InChI=1S/C15H19N5/c1-2-4-7-13(6-3-1)12-18-14-8-11-20(19-14)15-16-9-5-10-17-15/h3,5-6,8-11,13H,1-2,4,7,12H2,(H,18,19). The van der Waals surface area contributed by atoms with Crippen molar-refractivity contribution in [2.75, 3.05) is 11.9 Å². The van der Waals surface area contributed by atoms with Gasteiger partial charge in [-0.1, -0.05) is 18.6 Å². The van der Waals surface area contributed by atoms with Crippen molar-refractivity contribution in [1.82, 2.24) is 19.7 Å². The molecule has 3 rings (SSSR count). The molecular weight excluding hydrogens is 250 g/mol. The topological polar surface area (TPSA) is 55.6 Å². The Labute approximate surface area is 118 Å². The van der Waals surface area contributed by atoms with Crippen molar-refractivity contribution in [2.45, 2.75) is 25.7 Å². The van der Waals surface area contributed by atoms with E-state index in [0.29, 0.717) is 11.9 Å². The lowest BCUT2D eigenvalue weighted by atomic mass is 10.0. The predicted molar refractivity (Wildman–Crippen MR) is 78.7 cm³/mol. The minimum Gasteiger partial charge on any atom is -0.368 e. The third-order valence-corrected chi connectivity index (χ3v) is 3.50. The molecule has 0 saturated carbocycles. The van der Waals surface area contributed by atoms with Crippen molar-refractivity contribution in [2.24, 2.45) is 5.92 Å². The minimum atomic E-state index is 0.593. The SMILES string of the molecule is C1=CC(CNc2ccn(-c3ncccn3)n2)CCCC1. The van der Waals surface area contributed by atoms with Crippen LogP contribution < -0.4 is 5.32 Å². The Hall–Kier alpha value is -2.17. The molecule has 20 heavy (non-hydrogen) atoms. The number of nitrogens with zero attached hydrogens (tertiary/aromatic N) is 4. The highest BCUT2D eigenvalue weighted by Gasteiger charge is 2.08. The molecule has 0 radical (unpaired) electrons.